The predicted octanol–water partition coefficient (Wildman–Crippen LogP) is 2.16. The first-order chi connectivity index (χ1) is 4.84. The van der Waals surface area contributed by atoms with Gasteiger partial charge in [0.1, 0.15) is 6.17 Å². The minimum Gasteiger partial charge on any atom is -0.317 e. The zero-order valence-electron chi connectivity index (χ0n) is 6.98. The summed E-state index contributed by atoms with van der Waals surface area (Å²) in [4.78, 5) is 0. The fourth-order valence-corrected chi connectivity index (χ4v) is 1.68. The molecule has 1 rings (SSSR count). The predicted molar refractivity (Wildman–Crippen MR) is 48.0 cm³/mol. The Kier molecular flexibility index (Phi) is 5.88. The quantitative estimate of drug-likeness (QED) is 0.704. The Morgan fingerprint density at radius 1 is 1.45 bits per heavy atom. The van der Waals surface area contributed by atoms with Gasteiger partial charge in [0, 0.05) is 6.54 Å². The summed E-state index contributed by atoms with van der Waals surface area (Å²) < 4.78 is 13.0. The summed E-state index contributed by atoms with van der Waals surface area (Å²) in [7, 11) is 1.81. The van der Waals surface area contributed by atoms with Crippen LogP contribution in [0.1, 0.15) is 25.7 Å². The molecule has 0 heterocycles. The van der Waals surface area contributed by atoms with Crippen LogP contribution in [0.2, 0.25) is 0 Å². The molecule has 1 saturated carbocycles. The van der Waals surface area contributed by atoms with Gasteiger partial charge in [-0.2, -0.15) is 0 Å². The monoisotopic (exact) mass is 181 g/mol. The fourth-order valence-electron chi connectivity index (χ4n) is 1.68. The van der Waals surface area contributed by atoms with Crippen LogP contribution >= 0.6 is 12.4 Å². The lowest BCUT2D eigenvalue weighted by atomic mass is 10.0. The van der Waals surface area contributed by atoms with Crippen LogP contribution in [0.15, 0.2) is 0 Å². The second-order valence-corrected chi connectivity index (χ2v) is 3.12. The van der Waals surface area contributed by atoms with Gasteiger partial charge < -0.3 is 5.32 Å². The highest BCUT2D eigenvalue weighted by Crippen LogP contribution is 2.28. The van der Waals surface area contributed by atoms with Gasteiger partial charge in [0.2, 0.25) is 0 Å². The molecule has 1 aliphatic rings. The van der Waals surface area contributed by atoms with Gasteiger partial charge >= 0.3 is 0 Å². The van der Waals surface area contributed by atoms with Gasteiger partial charge in [-0.05, 0) is 25.8 Å². The van der Waals surface area contributed by atoms with E-state index in [-0.39, 0.29) is 12.4 Å². The van der Waals surface area contributed by atoms with Crippen LogP contribution in [0, 0.1) is 5.92 Å². The van der Waals surface area contributed by atoms with Crippen LogP contribution in [0.25, 0.3) is 0 Å². The third kappa shape index (κ3) is 3.39. The molecule has 0 amide bonds. The van der Waals surface area contributed by atoms with Gasteiger partial charge in [0.05, 0.1) is 0 Å². The van der Waals surface area contributed by atoms with Gasteiger partial charge in [-0.15, -0.1) is 12.4 Å². The lowest BCUT2D eigenvalue weighted by molar-refractivity contribution is 0.227. The van der Waals surface area contributed by atoms with Crippen molar-refractivity contribution in [3.63, 3.8) is 0 Å². The maximum atomic E-state index is 13.0. The average Bonchev–Trinajstić information content (AvgIpc) is 2.38. The van der Waals surface area contributed by atoms with Crippen molar-refractivity contribution in [1.82, 2.24) is 5.32 Å². The first-order valence-corrected chi connectivity index (χ1v) is 4.13. The molecule has 68 valence electrons. The van der Waals surface area contributed by atoms with Crippen molar-refractivity contribution < 1.29 is 4.39 Å². The van der Waals surface area contributed by atoms with Gasteiger partial charge in [-0.3, -0.25) is 0 Å². The Morgan fingerprint density at radius 3 is 2.45 bits per heavy atom. The minimum absolute atomic E-state index is 0. The molecule has 0 radical (unpaired) electrons. The van der Waals surface area contributed by atoms with Gasteiger partial charge in [-0.1, -0.05) is 12.8 Å². The summed E-state index contributed by atoms with van der Waals surface area (Å²) in [5.41, 5.74) is 0. The first-order valence-electron chi connectivity index (χ1n) is 4.13. The normalized spacial score (nSPS) is 21.3. The molecule has 0 bridgehead atoms. The maximum absolute atomic E-state index is 13.0. The highest BCUT2D eigenvalue weighted by atomic mass is 35.5. The number of rotatable bonds is 3. The topological polar surface area (TPSA) is 12.0 Å². The third-order valence-corrected chi connectivity index (χ3v) is 2.31. The number of alkyl halides is 1. The summed E-state index contributed by atoms with van der Waals surface area (Å²) in [6.45, 7) is 0.532. The molecule has 1 aliphatic carbocycles. The number of hydrogen-bond donors (Lipinski definition) is 1. The van der Waals surface area contributed by atoms with Crippen molar-refractivity contribution in [1.29, 1.82) is 0 Å². The summed E-state index contributed by atoms with van der Waals surface area (Å²) in [5, 5.41) is 2.87. The molecule has 0 saturated heterocycles. The number of halogens is 2. The van der Waals surface area contributed by atoms with Crippen LogP contribution in [0.5, 0.6) is 0 Å². The lowest BCUT2D eigenvalue weighted by Crippen LogP contribution is -2.25. The molecule has 1 nitrogen and oxygen atoms in total. The Bertz CT molecular complexity index is 94.1. The van der Waals surface area contributed by atoms with E-state index in [1.165, 1.54) is 12.8 Å². The van der Waals surface area contributed by atoms with Gasteiger partial charge in [-0.25, -0.2) is 4.39 Å². The van der Waals surface area contributed by atoms with Crippen molar-refractivity contribution in [2.24, 2.45) is 5.92 Å². The van der Waals surface area contributed by atoms with E-state index < -0.39 is 6.17 Å². The Hall–Kier alpha value is 0.180. The first kappa shape index (κ1) is 11.2. The van der Waals surface area contributed by atoms with Crippen LogP contribution in [0.4, 0.5) is 4.39 Å². The van der Waals surface area contributed by atoms with Crippen molar-refractivity contribution >= 4 is 12.4 Å². The average molecular weight is 182 g/mol. The zero-order chi connectivity index (χ0) is 7.40. The van der Waals surface area contributed by atoms with Crippen molar-refractivity contribution in [2.75, 3.05) is 13.6 Å². The molecule has 1 unspecified atom stereocenters. The Balaban J connectivity index is 0.000001000. The Morgan fingerprint density at radius 2 is 2.00 bits per heavy atom. The zero-order valence-corrected chi connectivity index (χ0v) is 7.79. The molecule has 0 aromatic rings. The smallest absolute Gasteiger partial charge is 0.115 e. The molecule has 11 heavy (non-hydrogen) atoms. The second kappa shape index (κ2) is 5.78. The SMILES string of the molecule is CNCC(F)C1CCCC1.Cl. The van der Waals surface area contributed by atoms with Crippen LogP contribution in [0.3, 0.4) is 0 Å². The van der Waals surface area contributed by atoms with Crippen LogP contribution in [-0.4, -0.2) is 19.8 Å². The van der Waals surface area contributed by atoms with E-state index in [0.717, 1.165) is 12.8 Å². The molecule has 3 heteroatoms. The molecular weight excluding hydrogens is 165 g/mol. The highest BCUT2D eigenvalue weighted by Gasteiger charge is 2.23. The lowest BCUT2D eigenvalue weighted by Gasteiger charge is -2.13. The summed E-state index contributed by atoms with van der Waals surface area (Å²) in [5.74, 6) is 0.354. The molecule has 0 aliphatic heterocycles. The van der Waals surface area contributed by atoms with E-state index >= 15 is 0 Å². The van der Waals surface area contributed by atoms with E-state index in [1.54, 1.807) is 0 Å². The molecule has 0 spiro atoms. The fraction of sp³-hybridized carbons (Fsp3) is 1.00. The number of nitrogens with one attached hydrogen (secondary N) is 1. The van der Waals surface area contributed by atoms with Crippen molar-refractivity contribution in [3.05, 3.63) is 0 Å². The summed E-state index contributed by atoms with van der Waals surface area (Å²) >= 11 is 0. The highest BCUT2D eigenvalue weighted by molar-refractivity contribution is 5.85. The molecule has 1 fully saturated rings. The summed E-state index contributed by atoms with van der Waals surface area (Å²) in [6, 6.07) is 0. The molecule has 1 N–H and O–H groups in total. The second-order valence-electron chi connectivity index (χ2n) is 3.12. The minimum atomic E-state index is -0.604. The van der Waals surface area contributed by atoms with Crippen LogP contribution in [-0.2, 0) is 0 Å². The van der Waals surface area contributed by atoms with E-state index in [4.69, 9.17) is 0 Å². The van der Waals surface area contributed by atoms with Gasteiger partial charge in [0.15, 0.2) is 0 Å². The Labute approximate surface area is 74.2 Å². The molecule has 0 aromatic carbocycles. The molecule has 1 atom stereocenters. The van der Waals surface area contributed by atoms with Gasteiger partial charge in [0.25, 0.3) is 0 Å². The van der Waals surface area contributed by atoms with E-state index in [2.05, 4.69) is 5.32 Å². The summed E-state index contributed by atoms with van der Waals surface area (Å²) in [6.07, 6.45) is 4.06. The standard InChI is InChI=1S/C8H16FN.ClH/c1-10-6-8(9)7-4-2-3-5-7;/h7-8,10H,2-6H2,1H3;1H. The van der Waals surface area contributed by atoms with E-state index in [0.29, 0.717) is 12.5 Å². The largest absolute Gasteiger partial charge is 0.317 e. The molecule has 0 aromatic heterocycles. The molecular formula is C8H17ClFN. The third-order valence-electron chi connectivity index (χ3n) is 2.31. The maximum Gasteiger partial charge on any atom is 0.115 e. The van der Waals surface area contributed by atoms with Crippen molar-refractivity contribution in [2.45, 2.75) is 31.9 Å². The van der Waals surface area contributed by atoms with Crippen LogP contribution < -0.4 is 5.32 Å². The van der Waals surface area contributed by atoms with E-state index in [1.807, 2.05) is 7.05 Å². The van der Waals surface area contributed by atoms with E-state index in [9.17, 15) is 4.39 Å². The number of hydrogen-bond acceptors (Lipinski definition) is 1. The van der Waals surface area contributed by atoms with Crippen molar-refractivity contribution in [3.8, 4) is 0 Å².